The van der Waals surface area contributed by atoms with Gasteiger partial charge in [-0.3, -0.25) is 0 Å². The van der Waals surface area contributed by atoms with Gasteiger partial charge in [0.05, 0.1) is 6.61 Å². The Hall–Kier alpha value is -1.88. The minimum absolute atomic E-state index is 0.607. The molecule has 6 N–H and O–H groups in total. The summed E-state index contributed by atoms with van der Waals surface area (Å²) < 4.78 is 5.50. The Morgan fingerprint density at radius 2 is 1.94 bits per heavy atom. The third-order valence-electron chi connectivity index (χ3n) is 1.99. The highest BCUT2D eigenvalue weighted by Gasteiger charge is 1.95. The molecule has 5 nitrogen and oxygen atoms in total. The minimum atomic E-state index is 0.607. The van der Waals surface area contributed by atoms with Crippen LogP contribution in [-0.4, -0.2) is 18.2 Å². The second kappa shape index (κ2) is 6.58. The smallest absolute Gasteiger partial charge is 0.119 e. The first-order valence-corrected chi connectivity index (χ1v) is 5.10. The van der Waals surface area contributed by atoms with Crippen LogP contribution < -0.4 is 22.0 Å². The molecular formula is C11H18N4O. The van der Waals surface area contributed by atoms with Crippen LogP contribution in [0, 0.1) is 0 Å². The summed E-state index contributed by atoms with van der Waals surface area (Å²) in [6, 6.07) is 7.30. The molecule has 0 saturated heterocycles. The van der Waals surface area contributed by atoms with Crippen molar-refractivity contribution in [1.29, 1.82) is 0 Å². The van der Waals surface area contributed by atoms with Crippen LogP contribution in [0.15, 0.2) is 36.7 Å². The molecule has 16 heavy (non-hydrogen) atoms. The molecule has 1 rings (SSSR count). The van der Waals surface area contributed by atoms with Crippen LogP contribution in [0.2, 0.25) is 0 Å². The van der Waals surface area contributed by atoms with Gasteiger partial charge in [0, 0.05) is 31.1 Å². The van der Waals surface area contributed by atoms with Crippen molar-refractivity contribution in [3.05, 3.63) is 36.7 Å². The highest BCUT2D eigenvalue weighted by atomic mass is 16.5. The third kappa shape index (κ3) is 4.56. The van der Waals surface area contributed by atoms with Gasteiger partial charge >= 0.3 is 0 Å². The van der Waals surface area contributed by atoms with Crippen molar-refractivity contribution in [3.8, 4) is 5.75 Å². The molecule has 1 aromatic rings. The average Bonchev–Trinajstić information content (AvgIpc) is 2.27. The van der Waals surface area contributed by atoms with Gasteiger partial charge in [0.2, 0.25) is 0 Å². The predicted octanol–water partition coefficient (Wildman–Crippen LogP) is 0.643. The summed E-state index contributed by atoms with van der Waals surface area (Å²) in [5.74, 6) is 6.39. The number of hydrogen-bond acceptors (Lipinski definition) is 5. The van der Waals surface area contributed by atoms with Gasteiger partial charge in [-0.25, -0.2) is 5.84 Å². The summed E-state index contributed by atoms with van der Waals surface area (Å²) in [4.78, 5) is 0. The highest BCUT2D eigenvalue weighted by Crippen LogP contribution is 2.12. The zero-order valence-corrected chi connectivity index (χ0v) is 9.17. The molecular weight excluding hydrogens is 204 g/mol. The van der Waals surface area contributed by atoms with Crippen LogP contribution in [0.4, 0.5) is 5.69 Å². The molecule has 0 atom stereocenters. The van der Waals surface area contributed by atoms with Crippen molar-refractivity contribution in [2.45, 2.75) is 6.42 Å². The molecule has 0 aliphatic carbocycles. The van der Waals surface area contributed by atoms with Gasteiger partial charge in [-0.05, 0) is 24.3 Å². The first kappa shape index (κ1) is 12.2. The van der Waals surface area contributed by atoms with Crippen molar-refractivity contribution in [2.75, 3.05) is 18.9 Å². The van der Waals surface area contributed by atoms with Gasteiger partial charge in [0.1, 0.15) is 5.75 Å². The van der Waals surface area contributed by atoms with Crippen LogP contribution in [0.3, 0.4) is 0 Å². The van der Waals surface area contributed by atoms with Crippen LogP contribution in [0.1, 0.15) is 6.42 Å². The minimum Gasteiger partial charge on any atom is -0.494 e. The standard InChI is InChI=1S/C11H18N4O/c12-6-8-15(14)7-1-9-16-11-4-2-10(13)3-5-11/h2-6,8H,1,7,9,12-14H2/b8-6-. The van der Waals surface area contributed by atoms with Crippen LogP contribution in [-0.2, 0) is 0 Å². The molecule has 0 aromatic heterocycles. The monoisotopic (exact) mass is 222 g/mol. The maximum absolute atomic E-state index is 5.58. The van der Waals surface area contributed by atoms with E-state index in [1.54, 1.807) is 6.20 Å². The lowest BCUT2D eigenvalue weighted by Crippen LogP contribution is -2.27. The fraction of sp³-hybridized carbons (Fsp3) is 0.273. The maximum atomic E-state index is 5.58. The molecule has 5 heteroatoms. The van der Waals surface area contributed by atoms with Crippen LogP contribution in [0.5, 0.6) is 5.75 Å². The number of benzene rings is 1. The molecule has 0 amide bonds. The van der Waals surface area contributed by atoms with Crippen molar-refractivity contribution in [2.24, 2.45) is 11.6 Å². The van der Waals surface area contributed by atoms with E-state index in [1.165, 1.54) is 11.2 Å². The van der Waals surface area contributed by atoms with E-state index in [4.69, 9.17) is 22.0 Å². The number of anilines is 1. The second-order valence-corrected chi connectivity index (χ2v) is 3.35. The lowest BCUT2D eigenvalue weighted by molar-refractivity contribution is 0.278. The Balaban J connectivity index is 2.18. The Morgan fingerprint density at radius 3 is 2.56 bits per heavy atom. The predicted molar refractivity (Wildman–Crippen MR) is 65.2 cm³/mol. The largest absolute Gasteiger partial charge is 0.494 e. The van der Waals surface area contributed by atoms with E-state index in [-0.39, 0.29) is 0 Å². The van der Waals surface area contributed by atoms with Gasteiger partial charge in [0.15, 0.2) is 0 Å². The molecule has 0 heterocycles. The summed E-state index contributed by atoms with van der Waals surface area (Å²) >= 11 is 0. The van der Waals surface area contributed by atoms with Gasteiger partial charge in [-0.15, -0.1) is 0 Å². The molecule has 0 bridgehead atoms. The van der Waals surface area contributed by atoms with Crippen molar-refractivity contribution >= 4 is 5.69 Å². The third-order valence-corrected chi connectivity index (χ3v) is 1.99. The van der Waals surface area contributed by atoms with Crippen LogP contribution in [0.25, 0.3) is 0 Å². The Kier molecular flexibility index (Phi) is 5.01. The molecule has 1 aromatic carbocycles. The summed E-state index contributed by atoms with van der Waals surface area (Å²) in [5, 5.41) is 1.52. The van der Waals surface area contributed by atoms with E-state index >= 15 is 0 Å². The van der Waals surface area contributed by atoms with Crippen molar-refractivity contribution < 1.29 is 4.74 Å². The molecule has 0 saturated carbocycles. The lowest BCUT2D eigenvalue weighted by atomic mass is 10.3. The van der Waals surface area contributed by atoms with Crippen molar-refractivity contribution in [1.82, 2.24) is 5.01 Å². The first-order chi connectivity index (χ1) is 7.72. The molecule has 0 radical (unpaired) electrons. The number of ether oxygens (including phenoxy) is 1. The SMILES string of the molecule is N/C=C\N(N)CCCOc1ccc(N)cc1. The number of nitrogens with two attached hydrogens (primary N) is 3. The first-order valence-electron chi connectivity index (χ1n) is 5.10. The van der Waals surface area contributed by atoms with Crippen LogP contribution >= 0.6 is 0 Å². The second-order valence-electron chi connectivity index (χ2n) is 3.35. The van der Waals surface area contributed by atoms with Gasteiger partial charge in [-0.2, -0.15) is 0 Å². The number of rotatable bonds is 6. The molecule has 0 aliphatic heterocycles. The fourth-order valence-corrected chi connectivity index (χ4v) is 1.19. The van der Waals surface area contributed by atoms with E-state index in [9.17, 15) is 0 Å². The number of nitrogens with zero attached hydrogens (tertiary/aromatic N) is 1. The Morgan fingerprint density at radius 1 is 1.25 bits per heavy atom. The number of nitrogen functional groups attached to an aromatic ring is 1. The molecule has 88 valence electrons. The van der Waals surface area contributed by atoms with Gasteiger partial charge < -0.3 is 21.2 Å². The number of hydrazine groups is 1. The topological polar surface area (TPSA) is 90.5 Å². The molecule has 0 spiro atoms. The molecule has 0 aliphatic rings. The average molecular weight is 222 g/mol. The van der Waals surface area contributed by atoms with E-state index in [2.05, 4.69) is 0 Å². The van der Waals surface area contributed by atoms with Gasteiger partial charge in [-0.1, -0.05) is 0 Å². The maximum Gasteiger partial charge on any atom is 0.119 e. The normalized spacial score (nSPS) is 10.6. The molecule has 0 unspecified atom stereocenters. The van der Waals surface area contributed by atoms with Crippen molar-refractivity contribution in [3.63, 3.8) is 0 Å². The van der Waals surface area contributed by atoms with E-state index in [1.807, 2.05) is 24.3 Å². The summed E-state index contributed by atoms with van der Waals surface area (Å²) in [5.41, 5.74) is 11.5. The van der Waals surface area contributed by atoms with Gasteiger partial charge in [0.25, 0.3) is 0 Å². The number of hydrogen-bond donors (Lipinski definition) is 3. The van der Waals surface area contributed by atoms with E-state index in [0.717, 1.165) is 17.9 Å². The summed E-state index contributed by atoms with van der Waals surface area (Å²) in [6.07, 6.45) is 3.84. The van der Waals surface area contributed by atoms with E-state index in [0.29, 0.717) is 13.2 Å². The zero-order chi connectivity index (χ0) is 11.8. The summed E-state index contributed by atoms with van der Waals surface area (Å²) in [6.45, 7) is 1.30. The van der Waals surface area contributed by atoms with E-state index < -0.39 is 0 Å². The summed E-state index contributed by atoms with van der Waals surface area (Å²) in [7, 11) is 0. The lowest BCUT2D eigenvalue weighted by Gasteiger charge is -2.13. The quantitative estimate of drug-likeness (QED) is 0.284. The Labute approximate surface area is 95.4 Å². The molecule has 0 fully saturated rings. The zero-order valence-electron chi connectivity index (χ0n) is 9.17. The highest BCUT2D eigenvalue weighted by molar-refractivity contribution is 5.41. The Bertz CT molecular complexity index is 323. The fourth-order valence-electron chi connectivity index (χ4n) is 1.19.